The highest BCUT2D eigenvalue weighted by Gasteiger charge is 2.23. The lowest BCUT2D eigenvalue weighted by molar-refractivity contribution is 0.0648. The number of carbonyl (C=O) groups is 1. The van der Waals surface area contributed by atoms with Gasteiger partial charge in [0.25, 0.3) is 5.91 Å². The van der Waals surface area contributed by atoms with Crippen LogP contribution < -0.4 is 15.4 Å². The maximum Gasteiger partial charge on any atom is 0.270 e. The molecule has 1 aromatic carbocycles. The van der Waals surface area contributed by atoms with Gasteiger partial charge in [0, 0.05) is 36.5 Å². The standard InChI is InChI=1S/C26H29FN6O3/c1-15(26(2,3)35)30-23-11-21-17(12-28-23)6-8-20(31-21)25(34)32-24(18-13-29-33(4)14-18)16-7-9-22(36-5)19(27)10-16/h6-15,24,35H,1-5H3,(H,28,30)(H,32,34)/t15-,24+/m1/s1. The molecule has 3 heterocycles. The Morgan fingerprint density at radius 2 is 1.94 bits per heavy atom. The van der Waals surface area contributed by atoms with E-state index < -0.39 is 23.4 Å². The number of ether oxygens (including phenoxy) is 1. The fraction of sp³-hybridized carbons (Fsp3) is 0.308. The van der Waals surface area contributed by atoms with E-state index in [0.29, 0.717) is 22.5 Å². The largest absolute Gasteiger partial charge is 0.494 e. The van der Waals surface area contributed by atoms with Crippen molar-refractivity contribution in [3.63, 3.8) is 0 Å². The van der Waals surface area contributed by atoms with Gasteiger partial charge in [-0.15, -0.1) is 0 Å². The van der Waals surface area contributed by atoms with Crippen molar-refractivity contribution in [2.24, 2.45) is 7.05 Å². The molecule has 9 nitrogen and oxygen atoms in total. The quantitative estimate of drug-likeness (QED) is 0.344. The minimum atomic E-state index is -0.950. The van der Waals surface area contributed by atoms with E-state index in [4.69, 9.17) is 4.74 Å². The summed E-state index contributed by atoms with van der Waals surface area (Å²) in [6, 6.07) is 8.72. The number of carbonyl (C=O) groups excluding carboxylic acids is 1. The van der Waals surface area contributed by atoms with Crippen molar-refractivity contribution in [3.8, 4) is 5.75 Å². The minimum absolute atomic E-state index is 0.114. The molecule has 0 aliphatic heterocycles. The summed E-state index contributed by atoms with van der Waals surface area (Å²) in [6.07, 6.45) is 5.03. The Morgan fingerprint density at radius 3 is 2.58 bits per heavy atom. The van der Waals surface area contributed by atoms with E-state index in [2.05, 4.69) is 25.7 Å². The summed E-state index contributed by atoms with van der Waals surface area (Å²) < 4.78 is 21.1. The molecule has 188 valence electrons. The van der Waals surface area contributed by atoms with Crippen LogP contribution in [0, 0.1) is 5.82 Å². The van der Waals surface area contributed by atoms with E-state index in [-0.39, 0.29) is 17.5 Å². The number of aliphatic hydroxyl groups is 1. The van der Waals surface area contributed by atoms with Gasteiger partial charge in [0.2, 0.25) is 0 Å². The number of fused-ring (bicyclic) bond motifs is 1. The number of rotatable bonds is 8. The maximum atomic E-state index is 14.5. The number of nitrogens with one attached hydrogen (secondary N) is 2. The van der Waals surface area contributed by atoms with Gasteiger partial charge in [0.15, 0.2) is 11.6 Å². The van der Waals surface area contributed by atoms with E-state index >= 15 is 0 Å². The molecular formula is C26H29FN6O3. The highest BCUT2D eigenvalue weighted by molar-refractivity contribution is 5.95. The van der Waals surface area contributed by atoms with Gasteiger partial charge in [-0.1, -0.05) is 6.07 Å². The number of anilines is 1. The van der Waals surface area contributed by atoms with Crippen molar-refractivity contribution in [1.82, 2.24) is 25.1 Å². The van der Waals surface area contributed by atoms with E-state index in [0.717, 1.165) is 5.39 Å². The second kappa shape index (κ2) is 9.90. The predicted molar refractivity (Wildman–Crippen MR) is 134 cm³/mol. The first kappa shape index (κ1) is 25.1. The van der Waals surface area contributed by atoms with E-state index in [1.54, 1.807) is 68.4 Å². The second-order valence-corrected chi connectivity index (χ2v) is 9.23. The van der Waals surface area contributed by atoms with Crippen LogP contribution in [0.4, 0.5) is 10.2 Å². The summed E-state index contributed by atoms with van der Waals surface area (Å²) in [6.45, 7) is 5.27. The molecule has 4 rings (SSSR count). The molecule has 0 spiro atoms. The van der Waals surface area contributed by atoms with Crippen molar-refractivity contribution < 1.29 is 19.0 Å². The normalized spacial score (nSPS) is 13.3. The van der Waals surface area contributed by atoms with Gasteiger partial charge in [-0.25, -0.2) is 14.4 Å². The summed E-state index contributed by atoms with van der Waals surface area (Å²) in [4.78, 5) is 22.2. The molecule has 0 radical (unpaired) electrons. The summed E-state index contributed by atoms with van der Waals surface area (Å²) in [7, 11) is 3.16. The number of halogens is 1. The number of pyridine rings is 2. The fourth-order valence-corrected chi connectivity index (χ4v) is 3.64. The zero-order chi connectivity index (χ0) is 26.0. The smallest absolute Gasteiger partial charge is 0.270 e. The summed E-state index contributed by atoms with van der Waals surface area (Å²) in [5.74, 6) is -0.319. The van der Waals surface area contributed by atoms with Crippen LogP contribution in [0.1, 0.15) is 48.4 Å². The van der Waals surface area contributed by atoms with Gasteiger partial charge in [-0.2, -0.15) is 5.10 Å². The SMILES string of the molecule is COc1ccc([C@H](NC(=O)c2ccc3cnc(N[C@H](C)C(C)(C)O)cc3n2)c2cnn(C)c2)cc1F. The molecule has 3 N–H and O–H groups in total. The van der Waals surface area contributed by atoms with Gasteiger partial charge < -0.3 is 20.5 Å². The first-order valence-electron chi connectivity index (χ1n) is 11.4. The average molecular weight is 493 g/mol. The van der Waals surface area contributed by atoms with E-state index in [1.165, 1.54) is 19.2 Å². The number of hydrogen-bond donors (Lipinski definition) is 3. The van der Waals surface area contributed by atoms with Crippen molar-refractivity contribution in [2.45, 2.75) is 38.5 Å². The van der Waals surface area contributed by atoms with Gasteiger partial charge in [0.1, 0.15) is 11.5 Å². The molecule has 10 heteroatoms. The summed E-state index contributed by atoms with van der Waals surface area (Å²) >= 11 is 0. The molecule has 0 aliphatic carbocycles. The zero-order valence-electron chi connectivity index (χ0n) is 20.8. The molecule has 0 saturated heterocycles. The van der Waals surface area contributed by atoms with Crippen LogP contribution in [0.2, 0.25) is 0 Å². The second-order valence-electron chi connectivity index (χ2n) is 9.23. The molecule has 36 heavy (non-hydrogen) atoms. The fourth-order valence-electron chi connectivity index (χ4n) is 3.64. The highest BCUT2D eigenvalue weighted by atomic mass is 19.1. The van der Waals surface area contributed by atoms with E-state index in [1.807, 2.05) is 6.92 Å². The van der Waals surface area contributed by atoms with Crippen LogP contribution in [0.15, 0.2) is 55.0 Å². The van der Waals surface area contributed by atoms with E-state index in [9.17, 15) is 14.3 Å². The first-order chi connectivity index (χ1) is 17.0. The lowest BCUT2D eigenvalue weighted by atomic mass is 10.0. The number of benzene rings is 1. The number of amides is 1. The zero-order valence-corrected chi connectivity index (χ0v) is 20.8. The molecule has 0 saturated carbocycles. The van der Waals surface area contributed by atoms with Crippen molar-refractivity contribution in [1.29, 1.82) is 0 Å². The number of aryl methyl sites for hydroxylation is 1. The Morgan fingerprint density at radius 1 is 1.17 bits per heavy atom. The lowest BCUT2D eigenvalue weighted by Gasteiger charge is -2.27. The van der Waals surface area contributed by atoms with Crippen LogP contribution in [0.25, 0.3) is 10.9 Å². The highest BCUT2D eigenvalue weighted by Crippen LogP contribution is 2.27. The van der Waals surface area contributed by atoms with Gasteiger partial charge >= 0.3 is 0 Å². The summed E-state index contributed by atoms with van der Waals surface area (Å²) in [5.41, 5.74) is 1.03. The molecule has 2 atom stereocenters. The molecule has 1 amide bonds. The van der Waals surface area contributed by atoms with Crippen molar-refractivity contribution in [3.05, 3.63) is 77.6 Å². The predicted octanol–water partition coefficient (Wildman–Crippen LogP) is 3.60. The Kier molecular flexibility index (Phi) is 6.89. The molecule has 4 aromatic rings. The van der Waals surface area contributed by atoms with Crippen LogP contribution in [-0.4, -0.2) is 49.5 Å². The Labute approximate surface area is 208 Å². The average Bonchev–Trinajstić information content (AvgIpc) is 3.27. The van der Waals surface area contributed by atoms with Gasteiger partial charge in [-0.05, 0) is 50.6 Å². The molecular weight excluding hydrogens is 463 g/mol. The maximum absolute atomic E-state index is 14.5. The molecule has 0 unspecified atom stereocenters. The lowest BCUT2D eigenvalue weighted by Crippen LogP contribution is -2.39. The number of aromatic nitrogens is 4. The number of methoxy groups -OCH3 is 1. The Balaban J connectivity index is 1.63. The monoisotopic (exact) mass is 492 g/mol. The van der Waals surface area contributed by atoms with Crippen LogP contribution >= 0.6 is 0 Å². The van der Waals surface area contributed by atoms with Gasteiger partial charge in [0.05, 0.1) is 36.5 Å². The third-order valence-electron chi connectivity index (χ3n) is 6.07. The van der Waals surface area contributed by atoms with Gasteiger partial charge in [-0.3, -0.25) is 9.48 Å². The third kappa shape index (κ3) is 5.44. The molecule has 0 aliphatic rings. The van der Waals surface area contributed by atoms with Crippen LogP contribution in [0.5, 0.6) is 5.75 Å². The van der Waals surface area contributed by atoms with Crippen LogP contribution in [0.3, 0.4) is 0 Å². The summed E-state index contributed by atoms with van der Waals surface area (Å²) in [5, 5.41) is 21.3. The van der Waals surface area contributed by atoms with Crippen molar-refractivity contribution >= 4 is 22.6 Å². The minimum Gasteiger partial charge on any atom is -0.494 e. The molecule has 0 fully saturated rings. The Hall–Kier alpha value is -4.05. The third-order valence-corrected chi connectivity index (χ3v) is 6.07. The molecule has 3 aromatic heterocycles. The van der Waals surface area contributed by atoms with Crippen LogP contribution in [-0.2, 0) is 7.05 Å². The first-order valence-corrected chi connectivity index (χ1v) is 11.4. The topological polar surface area (TPSA) is 114 Å². The number of nitrogens with zero attached hydrogens (tertiary/aromatic N) is 4. The van der Waals surface area contributed by atoms with Crippen molar-refractivity contribution in [2.75, 3.05) is 12.4 Å². The molecule has 0 bridgehead atoms. The number of hydrogen-bond acceptors (Lipinski definition) is 7. The Bertz CT molecular complexity index is 1400.